The molecule has 2 atom stereocenters. The second kappa shape index (κ2) is 8.72. The van der Waals surface area contributed by atoms with E-state index in [1.165, 1.54) is 21.5 Å². The number of carbonyl (C=O) groups excluding carboxylic acids is 2. The predicted octanol–water partition coefficient (Wildman–Crippen LogP) is 2.97. The van der Waals surface area contributed by atoms with E-state index in [1.807, 2.05) is 6.08 Å². The summed E-state index contributed by atoms with van der Waals surface area (Å²) in [6.07, 6.45) is 3.32. The minimum absolute atomic E-state index is 0.0399. The Bertz CT molecular complexity index is 1730. The molecule has 1 aliphatic heterocycles. The van der Waals surface area contributed by atoms with Gasteiger partial charge in [0.2, 0.25) is 0 Å². The highest BCUT2D eigenvalue weighted by Gasteiger charge is 2.45. The lowest BCUT2D eigenvalue weighted by Gasteiger charge is -2.39. The fraction of sp³-hybridized carbons (Fsp3) is 0.241. The van der Waals surface area contributed by atoms with Gasteiger partial charge < -0.3 is 9.84 Å². The lowest BCUT2D eigenvalue weighted by molar-refractivity contribution is -0.116. The molecule has 0 saturated carbocycles. The number of ether oxygens (including phenoxy) is 1. The van der Waals surface area contributed by atoms with E-state index in [0.29, 0.717) is 34.6 Å². The number of hydrogen-bond acceptors (Lipinski definition) is 6. The number of hydrogen-bond donors (Lipinski definition) is 1. The highest BCUT2D eigenvalue weighted by Crippen LogP contribution is 2.50. The third kappa shape index (κ3) is 3.38. The van der Waals surface area contributed by atoms with Gasteiger partial charge in [-0.1, -0.05) is 30.3 Å². The van der Waals surface area contributed by atoms with E-state index in [1.54, 1.807) is 56.3 Å². The van der Waals surface area contributed by atoms with Gasteiger partial charge in [-0.2, -0.15) is 0 Å². The molecule has 0 spiro atoms. The minimum Gasteiger partial charge on any atom is -0.504 e. The van der Waals surface area contributed by atoms with E-state index < -0.39 is 23.3 Å². The van der Waals surface area contributed by atoms with Crippen LogP contribution in [-0.4, -0.2) is 37.2 Å². The number of nitrogens with zero attached hydrogens (tertiary/aromatic N) is 3. The van der Waals surface area contributed by atoms with Crippen LogP contribution in [0.25, 0.3) is 5.69 Å². The maximum absolute atomic E-state index is 13.7. The molecular weight excluding hydrogens is 486 g/mol. The van der Waals surface area contributed by atoms with Crippen molar-refractivity contribution < 1.29 is 19.4 Å². The number of carbonyl (C=O) groups is 2. The van der Waals surface area contributed by atoms with Crippen molar-refractivity contribution in [2.45, 2.75) is 38.8 Å². The molecule has 3 aromatic rings. The van der Waals surface area contributed by atoms with Crippen LogP contribution in [0.15, 0.2) is 92.6 Å². The number of Topliss-reactive ketones (excluding diaryl/α,β-unsaturated/α-hetero) is 1. The molecule has 0 fully saturated rings. The first-order valence-electron chi connectivity index (χ1n) is 12.5. The fourth-order valence-electron chi connectivity index (χ4n) is 5.79. The van der Waals surface area contributed by atoms with Crippen LogP contribution in [0.4, 0.5) is 0 Å². The molecule has 0 bridgehead atoms. The van der Waals surface area contributed by atoms with E-state index >= 15 is 0 Å². The molecule has 2 aliphatic carbocycles. The average Bonchev–Trinajstić information content (AvgIpc) is 3.18. The number of para-hydroxylation sites is 1. The topological polar surface area (TPSA) is 113 Å². The summed E-state index contributed by atoms with van der Waals surface area (Å²) in [5.74, 6) is -0.939. The molecule has 2 heterocycles. The first-order chi connectivity index (χ1) is 18.3. The number of benzene rings is 2. The monoisotopic (exact) mass is 511 g/mol. The Morgan fingerprint density at radius 1 is 1.03 bits per heavy atom. The van der Waals surface area contributed by atoms with Crippen molar-refractivity contribution in [1.82, 2.24) is 13.9 Å². The summed E-state index contributed by atoms with van der Waals surface area (Å²) in [7, 11) is 0. The smallest absolute Gasteiger partial charge is 0.352 e. The standard InChI is InChI=1S/C29H25N3O6/c1-3-38-24-14-17(9-10-22(24)33)25-19-11-12-30-28(36)31(18-7-5-4-6-8-18)29(37)32(30)21(19)15-20-23(34)13-16(2)27(35)26(20)25/h4-11,13-14,21,25,33H,3,12,15H2,1-2H3. The SMILES string of the molecule is CCOc1cc(C2C3=CCn4c(=O)n(-c5ccccc5)c(=O)n4C3CC3=C2C(=O)C(C)=CC3=O)ccc1O. The summed E-state index contributed by atoms with van der Waals surface area (Å²) in [6, 6.07) is 12.9. The van der Waals surface area contributed by atoms with Gasteiger partial charge >= 0.3 is 11.4 Å². The van der Waals surface area contributed by atoms with Gasteiger partial charge in [0.15, 0.2) is 23.1 Å². The molecule has 0 amide bonds. The van der Waals surface area contributed by atoms with Crippen LogP contribution in [0.1, 0.15) is 37.8 Å². The van der Waals surface area contributed by atoms with Gasteiger partial charge in [-0.25, -0.2) is 23.5 Å². The second-order valence-corrected chi connectivity index (χ2v) is 9.59. The van der Waals surface area contributed by atoms with Gasteiger partial charge in [0.05, 0.1) is 24.9 Å². The fourth-order valence-corrected chi connectivity index (χ4v) is 5.79. The second-order valence-electron chi connectivity index (χ2n) is 9.59. The first kappa shape index (κ1) is 23.7. The van der Waals surface area contributed by atoms with Crippen molar-refractivity contribution in [2.75, 3.05) is 6.61 Å². The third-order valence-electron chi connectivity index (χ3n) is 7.46. The zero-order chi connectivity index (χ0) is 26.7. The van der Waals surface area contributed by atoms with E-state index in [-0.39, 0.29) is 36.0 Å². The Morgan fingerprint density at radius 2 is 1.79 bits per heavy atom. The number of phenolic OH excluding ortho intramolecular Hbond substituents is 1. The van der Waals surface area contributed by atoms with Crippen LogP contribution in [-0.2, 0) is 16.1 Å². The zero-order valence-electron chi connectivity index (χ0n) is 20.9. The molecule has 6 rings (SSSR count). The van der Waals surface area contributed by atoms with Gasteiger partial charge in [-0.15, -0.1) is 0 Å². The Hall–Kier alpha value is -4.66. The van der Waals surface area contributed by atoms with E-state index in [4.69, 9.17) is 4.74 Å². The maximum atomic E-state index is 13.7. The van der Waals surface area contributed by atoms with Crippen LogP contribution < -0.4 is 16.1 Å². The third-order valence-corrected chi connectivity index (χ3v) is 7.46. The lowest BCUT2D eigenvalue weighted by atomic mass is 9.68. The summed E-state index contributed by atoms with van der Waals surface area (Å²) in [6.45, 7) is 3.88. The van der Waals surface area contributed by atoms with Crippen LogP contribution in [0.5, 0.6) is 11.5 Å². The van der Waals surface area contributed by atoms with Gasteiger partial charge in [-0.05, 0) is 55.3 Å². The van der Waals surface area contributed by atoms with Crippen molar-refractivity contribution in [1.29, 1.82) is 0 Å². The van der Waals surface area contributed by atoms with Crippen LogP contribution in [0.2, 0.25) is 0 Å². The molecule has 9 heteroatoms. The average molecular weight is 512 g/mol. The van der Waals surface area contributed by atoms with Crippen LogP contribution in [0, 0.1) is 0 Å². The van der Waals surface area contributed by atoms with Gasteiger partial charge in [-0.3, -0.25) is 9.59 Å². The highest BCUT2D eigenvalue weighted by molar-refractivity contribution is 6.23. The molecular formula is C29H25N3O6. The Morgan fingerprint density at radius 3 is 2.53 bits per heavy atom. The Kier molecular flexibility index (Phi) is 5.45. The summed E-state index contributed by atoms with van der Waals surface area (Å²) < 4.78 is 9.52. The van der Waals surface area contributed by atoms with Gasteiger partial charge in [0, 0.05) is 29.1 Å². The molecule has 2 aromatic carbocycles. The van der Waals surface area contributed by atoms with E-state index in [0.717, 1.165) is 10.1 Å². The molecule has 9 nitrogen and oxygen atoms in total. The highest BCUT2D eigenvalue weighted by atomic mass is 16.5. The molecule has 1 N–H and O–H groups in total. The summed E-state index contributed by atoms with van der Waals surface area (Å²) in [5, 5.41) is 10.3. The van der Waals surface area contributed by atoms with Crippen molar-refractivity contribution in [3.05, 3.63) is 110 Å². The molecule has 0 radical (unpaired) electrons. The maximum Gasteiger partial charge on any atom is 0.352 e. The van der Waals surface area contributed by atoms with Crippen molar-refractivity contribution >= 4 is 11.6 Å². The molecule has 3 aliphatic rings. The summed E-state index contributed by atoms with van der Waals surface area (Å²) in [5.41, 5.74) is 1.92. The van der Waals surface area contributed by atoms with Gasteiger partial charge in [0.1, 0.15) is 0 Å². The Balaban J connectivity index is 1.58. The molecule has 2 unspecified atom stereocenters. The van der Waals surface area contributed by atoms with Crippen LogP contribution in [0.3, 0.4) is 0 Å². The summed E-state index contributed by atoms with van der Waals surface area (Å²) in [4.78, 5) is 53.8. The number of allylic oxidation sites excluding steroid dienone is 6. The van der Waals surface area contributed by atoms with Crippen molar-refractivity contribution in [3.8, 4) is 17.2 Å². The van der Waals surface area contributed by atoms with Crippen molar-refractivity contribution in [3.63, 3.8) is 0 Å². The number of ketones is 2. The van der Waals surface area contributed by atoms with E-state index in [2.05, 4.69) is 0 Å². The summed E-state index contributed by atoms with van der Waals surface area (Å²) >= 11 is 0. The molecule has 192 valence electrons. The normalized spacial score (nSPS) is 20.4. The number of aromatic hydroxyl groups is 1. The molecule has 0 saturated heterocycles. The number of phenols is 1. The minimum atomic E-state index is -0.653. The quantitative estimate of drug-likeness (QED) is 0.426. The van der Waals surface area contributed by atoms with Gasteiger partial charge in [0.25, 0.3) is 0 Å². The Labute approximate surface area is 217 Å². The van der Waals surface area contributed by atoms with Crippen LogP contribution >= 0.6 is 0 Å². The van der Waals surface area contributed by atoms with E-state index in [9.17, 15) is 24.3 Å². The number of fused-ring (bicyclic) bond motifs is 3. The largest absolute Gasteiger partial charge is 0.504 e. The van der Waals surface area contributed by atoms with Crippen molar-refractivity contribution in [2.24, 2.45) is 0 Å². The number of rotatable bonds is 4. The lowest BCUT2D eigenvalue weighted by Crippen LogP contribution is -2.40. The molecule has 1 aromatic heterocycles. The first-order valence-corrected chi connectivity index (χ1v) is 12.5. The zero-order valence-corrected chi connectivity index (χ0v) is 20.9. The predicted molar refractivity (Wildman–Crippen MR) is 139 cm³/mol. The number of aromatic nitrogens is 3. The molecule has 38 heavy (non-hydrogen) atoms.